The molecule has 0 amide bonds. The lowest BCUT2D eigenvalue weighted by molar-refractivity contribution is -0.00995. The highest BCUT2D eigenvalue weighted by atomic mass is 32.2. The van der Waals surface area contributed by atoms with E-state index in [2.05, 4.69) is 4.74 Å². The van der Waals surface area contributed by atoms with E-state index in [1.54, 1.807) is 0 Å². The summed E-state index contributed by atoms with van der Waals surface area (Å²) in [5.41, 5.74) is -0.0538. The molecule has 0 aliphatic rings. The molecule has 19 heavy (non-hydrogen) atoms. The zero-order chi connectivity index (χ0) is 14.8. The summed E-state index contributed by atoms with van der Waals surface area (Å²) < 4.78 is 60.0. The Morgan fingerprint density at radius 2 is 1.74 bits per heavy atom. The second-order valence-corrected chi connectivity index (χ2v) is 5.06. The normalized spacial score (nSPS) is 12.2. The molecule has 0 N–H and O–H groups in total. The molecule has 0 atom stereocenters. The van der Waals surface area contributed by atoms with Crippen molar-refractivity contribution in [2.75, 3.05) is 6.61 Å². The van der Waals surface area contributed by atoms with E-state index in [4.69, 9.17) is 15.7 Å². The maximum Gasteiger partial charge on any atom is 0.367 e. The molecule has 0 heterocycles. The number of carbonyl (C=O) groups excluding carboxylic acids is 1. The third-order valence-corrected chi connectivity index (χ3v) is 2.80. The average molecular weight is 285 g/mol. The molecule has 0 aromatic heterocycles. The highest BCUT2D eigenvalue weighted by Crippen LogP contribution is 2.20. The van der Waals surface area contributed by atoms with Gasteiger partial charge >= 0.3 is 11.2 Å². The Labute approximate surface area is 110 Å². The molecule has 0 fully saturated rings. The second kappa shape index (κ2) is 5.30. The number of alkyl halides is 2. The van der Waals surface area contributed by atoms with Gasteiger partial charge in [0.05, 0.1) is 5.56 Å². The summed E-state index contributed by atoms with van der Waals surface area (Å²) in [7, 11) is 4.83. The highest BCUT2D eigenvalue weighted by Gasteiger charge is 2.39. The van der Waals surface area contributed by atoms with Crippen LogP contribution in [0.3, 0.4) is 0 Å². The Kier molecular flexibility index (Phi) is 4.36. The second-order valence-electron chi connectivity index (χ2n) is 3.56. The topological polar surface area (TPSA) is 83.5 Å². The standard InChI is InChI=1S/C9H6B2F2O5S/c10-6-1-5(2-7(11)3-6)8(14)18-4-9(12,13)19(15,16)17/h1-3H,4H2,(H,15,16,17)/p-1. The van der Waals surface area contributed by atoms with Crippen molar-refractivity contribution in [3.63, 3.8) is 0 Å². The van der Waals surface area contributed by atoms with E-state index in [-0.39, 0.29) is 16.5 Å². The van der Waals surface area contributed by atoms with Gasteiger partial charge in [0.2, 0.25) is 0 Å². The van der Waals surface area contributed by atoms with Crippen LogP contribution in [0.15, 0.2) is 18.2 Å². The lowest BCUT2D eigenvalue weighted by Crippen LogP contribution is -2.35. The molecule has 98 valence electrons. The summed E-state index contributed by atoms with van der Waals surface area (Å²) in [5.74, 6) is -1.28. The summed E-state index contributed by atoms with van der Waals surface area (Å²) in [6, 6.07) is 3.51. The summed E-state index contributed by atoms with van der Waals surface area (Å²) in [6.07, 6.45) is 0. The summed E-state index contributed by atoms with van der Waals surface area (Å²) >= 11 is 0. The van der Waals surface area contributed by atoms with Gasteiger partial charge in [-0.3, -0.25) is 0 Å². The largest absolute Gasteiger partial charge is 0.743 e. The first-order chi connectivity index (χ1) is 8.53. The zero-order valence-electron chi connectivity index (χ0n) is 9.30. The van der Waals surface area contributed by atoms with Crippen LogP contribution in [0.4, 0.5) is 8.78 Å². The Balaban J connectivity index is 2.82. The van der Waals surface area contributed by atoms with Gasteiger partial charge in [0.15, 0.2) is 16.7 Å². The molecule has 0 aliphatic heterocycles. The number of benzene rings is 1. The molecule has 0 aliphatic carbocycles. The lowest BCUT2D eigenvalue weighted by atomic mass is 9.85. The van der Waals surface area contributed by atoms with Crippen molar-refractivity contribution < 1.29 is 31.3 Å². The molecule has 0 saturated carbocycles. The molecular formula is C9H5B2F2O5S-. The van der Waals surface area contributed by atoms with Crippen molar-refractivity contribution in [1.82, 2.24) is 0 Å². The third-order valence-electron chi connectivity index (χ3n) is 1.95. The van der Waals surface area contributed by atoms with E-state index in [0.29, 0.717) is 0 Å². The number of hydrogen-bond donors (Lipinski definition) is 0. The zero-order valence-corrected chi connectivity index (χ0v) is 10.1. The van der Waals surface area contributed by atoms with Crippen molar-refractivity contribution in [2.24, 2.45) is 0 Å². The van der Waals surface area contributed by atoms with Crippen LogP contribution >= 0.6 is 0 Å². The van der Waals surface area contributed by atoms with Gasteiger partial charge in [0.1, 0.15) is 15.7 Å². The number of esters is 1. The number of rotatable bonds is 4. The van der Waals surface area contributed by atoms with Crippen LogP contribution in [0.25, 0.3) is 0 Å². The van der Waals surface area contributed by atoms with Crippen molar-refractivity contribution in [3.8, 4) is 0 Å². The first-order valence-corrected chi connectivity index (χ1v) is 6.10. The fourth-order valence-corrected chi connectivity index (χ4v) is 1.30. The van der Waals surface area contributed by atoms with E-state index >= 15 is 0 Å². The lowest BCUT2D eigenvalue weighted by Gasteiger charge is -2.19. The molecule has 0 saturated heterocycles. The molecule has 4 radical (unpaired) electrons. The number of halogens is 2. The minimum atomic E-state index is -5.91. The van der Waals surface area contributed by atoms with E-state index in [1.807, 2.05) is 0 Å². The first-order valence-electron chi connectivity index (χ1n) is 4.69. The predicted octanol–water partition coefficient (Wildman–Crippen LogP) is -1.43. The van der Waals surface area contributed by atoms with Gasteiger partial charge in [-0.2, -0.15) is 8.78 Å². The maximum absolute atomic E-state index is 12.7. The van der Waals surface area contributed by atoms with Crippen LogP contribution in [0.1, 0.15) is 10.4 Å². The Bertz CT molecular complexity index is 582. The van der Waals surface area contributed by atoms with E-state index in [9.17, 15) is 26.5 Å². The van der Waals surface area contributed by atoms with Gasteiger partial charge in [0.25, 0.3) is 0 Å². The minimum Gasteiger partial charge on any atom is -0.743 e. The molecule has 1 aromatic carbocycles. The smallest absolute Gasteiger partial charge is 0.367 e. The fraction of sp³-hybridized carbons (Fsp3) is 0.222. The molecule has 0 bridgehead atoms. The minimum absolute atomic E-state index is 0.0927. The van der Waals surface area contributed by atoms with Crippen molar-refractivity contribution >= 4 is 42.7 Å². The molecule has 5 nitrogen and oxygen atoms in total. The number of carbonyl (C=O) groups is 1. The quantitative estimate of drug-likeness (QED) is 0.384. The number of hydrogen-bond acceptors (Lipinski definition) is 5. The molecule has 0 unspecified atom stereocenters. The molecule has 1 aromatic rings. The van der Waals surface area contributed by atoms with E-state index < -0.39 is 27.9 Å². The Hall–Kier alpha value is -1.41. The van der Waals surface area contributed by atoms with Gasteiger partial charge in [-0.05, 0) is 0 Å². The van der Waals surface area contributed by atoms with Crippen molar-refractivity contribution in [1.29, 1.82) is 0 Å². The van der Waals surface area contributed by atoms with Crippen LogP contribution in [-0.2, 0) is 14.9 Å². The summed E-state index contributed by atoms with van der Waals surface area (Å²) in [4.78, 5) is 11.4. The van der Waals surface area contributed by atoms with Crippen LogP contribution < -0.4 is 10.9 Å². The fourth-order valence-electron chi connectivity index (χ4n) is 1.10. The maximum atomic E-state index is 12.7. The SMILES string of the molecule is [B]c1cc([B])cc(C(=O)OCC(F)(F)S(=O)(=O)[O-])c1. The monoisotopic (exact) mass is 285 g/mol. The summed E-state index contributed by atoms with van der Waals surface area (Å²) in [6.45, 7) is -1.88. The van der Waals surface area contributed by atoms with Crippen LogP contribution in [0.5, 0.6) is 0 Å². The Morgan fingerprint density at radius 3 is 2.16 bits per heavy atom. The third kappa shape index (κ3) is 4.03. The molecule has 1 rings (SSSR count). The number of ether oxygens (including phenoxy) is 1. The molecular weight excluding hydrogens is 280 g/mol. The molecule has 0 spiro atoms. The van der Waals surface area contributed by atoms with Crippen LogP contribution in [0, 0.1) is 0 Å². The predicted molar refractivity (Wildman–Crippen MR) is 62.1 cm³/mol. The van der Waals surface area contributed by atoms with Gasteiger partial charge in [0, 0.05) is 0 Å². The molecule has 10 heteroatoms. The van der Waals surface area contributed by atoms with E-state index in [0.717, 1.165) is 12.1 Å². The average Bonchev–Trinajstić information content (AvgIpc) is 2.23. The van der Waals surface area contributed by atoms with Gasteiger partial charge in [-0.15, -0.1) is 0 Å². The van der Waals surface area contributed by atoms with Crippen LogP contribution in [0.2, 0.25) is 0 Å². The van der Waals surface area contributed by atoms with E-state index in [1.165, 1.54) is 6.07 Å². The van der Waals surface area contributed by atoms with Crippen molar-refractivity contribution in [3.05, 3.63) is 23.8 Å². The Morgan fingerprint density at radius 1 is 1.26 bits per heavy atom. The van der Waals surface area contributed by atoms with Crippen molar-refractivity contribution in [2.45, 2.75) is 5.25 Å². The summed E-state index contributed by atoms with van der Waals surface area (Å²) in [5, 5.41) is -4.70. The van der Waals surface area contributed by atoms with Crippen LogP contribution in [-0.4, -0.2) is 46.5 Å². The van der Waals surface area contributed by atoms with Gasteiger partial charge in [-0.25, -0.2) is 13.2 Å². The van der Waals surface area contributed by atoms with Gasteiger partial charge in [-0.1, -0.05) is 29.1 Å². The highest BCUT2D eigenvalue weighted by molar-refractivity contribution is 7.86. The van der Waals surface area contributed by atoms with Gasteiger partial charge < -0.3 is 9.29 Å². The first kappa shape index (κ1) is 15.6.